The van der Waals surface area contributed by atoms with Crippen LogP contribution < -0.4 is 4.74 Å². The fourth-order valence-electron chi connectivity index (χ4n) is 1.80. The number of alkyl halides is 6. The van der Waals surface area contributed by atoms with Gasteiger partial charge in [0.15, 0.2) is 0 Å². The van der Waals surface area contributed by atoms with Crippen LogP contribution in [0.1, 0.15) is 18.4 Å². The number of nitrogens with zero attached hydrogens (tertiary/aromatic N) is 2. The lowest BCUT2D eigenvalue weighted by Crippen LogP contribution is -2.10. The topological polar surface area (TPSA) is 50.8 Å². The zero-order valence-electron chi connectivity index (χ0n) is 11.5. The highest BCUT2D eigenvalue weighted by Gasteiger charge is 2.32. The molecule has 0 spiro atoms. The highest BCUT2D eigenvalue weighted by molar-refractivity contribution is 5.61. The number of hydrogen-bond acceptors (Lipinski definition) is 3. The minimum absolute atomic E-state index is 0.0967. The second-order valence-corrected chi connectivity index (χ2v) is 4.67. The molecular weight excluding hydrogens is 328 g/mol. The van der Waals surface area contributed by atoms with Crippen LogP contribution in [-0.2, 0) is 6.18 Å². The van der Waals surface area contributed by atoms with Crippen molar-refractivity contribution in [2.24, 2.45) is 0 Å². The molecule has 0 saturated carbocycles. The van der Waals surface area contributed by atoms with Crippen molar-refractivity contribution in [1.29, 1.82) is 0 Å². The molecule has 0 amide bonds. The Kier molecular flexibility index (Phi) is 4.81. The van der Waals surface area contributed by atoms with Crippen LogP contribution in [-0.4, -0.2) is 28.2 Å². The molecule has 2 aromatic rings. The maximum Gasteiger partial charge on any atom is 0.416 e. The molecule has 0 atom stereocenters. The number of H-pyrrole nitrogens is 1. The van der Waals surface area contributed by atoms with Gasteiger partial charge in [-0.25, -0.2) is 0 Å². The highest BCUT2D eigenvalue weighted by Crippen LogP contribution is 2.35. The Balaban J connectivity index is 2.17. The largest absolute Gasteiger partial charge is 0.494 e. The average Bonchev–Trinajstić information content (AvgIpc) is 2.95. The van der Waals surface area contributed by atoms with Crippen molar-refractivity contribution >= 4 is 0 Å². The second kappa shape index (κ2) is 6.47. The third-order valence-electron chi connectivity index (χ3n) is 2.82. The van der Waals surface area contributed by atoms with E-state index in [9.17, 15) is 26.3 Å². The summed E-state index contributed by atoms with van der Waals surface area (Å²) in [6.45, 7) is -0.348. The lowest BCUT2D eigenvalue weighted by Gasteiger charge is -2.13. The van der Waals surface area contributed by atoms with E-state index in [1.165, 1.54) is 12.3 Å². The molecule has 0 aliphatic heterocycles. The van der Waals surface area contributed by atoms with Crippen molar-refractivity contribution in [2.75, 3.05) is 6.61 Å². The molecule has 0 aliphatic rings. The zero-order valence-corrected chi connectivity index (χ0v) is 11.5. The van der Waals surface area contributed by atoms with Crippen LogP contribution in [0.3, 0.4) is 0 Å². The standard InChI is InChI=1S/C13H11F6N3O/c14-12(15,16)2-1-3-23-10-5-8(11-7-20-22-21-11)4-9(6-10)13(17,18)19/h4-7H,1-3H2,(H,20,21,22). The van der Waals surface area contributed by atoms with Crippen LogP contribution in [0.25, 0.3) is 11.3 Å². The number of nitrogens with one attached hydrogen (secondary N) is 1. The van der Waals surface area contributed by atoms with Gasteiger partial charge in [-0.1, -0.05) is 5.21 Å². The van der Waals surface area contributed by atoms with Crippen molar-refractivity contribution < 1.29 is 31.1 Å². The summed E-state index contributed by atoms with van der Waals surface area (Å²) in [5, 5.41) is 9.37. The molecule has 0 aliphatic carbocycles. The first-order valence-corrected chi connectivity index (χ1v) is 6.44. The predicted octanol–water partition coefficient (Wildman–Crippen LogP) is 4.21. The van der Waals surface area contributed by atoms with Gasteiger partial charge < -0.3 is 4.74 Å². The number of aromatic amines is 1. The molecule has 10 heteroatoms. The van der Waals surface area contributed by atoms with Gasteiger partial charge in [0.05, 0.1) is 12.2 Å². The van der Waals surface area contributed by atoms with Crippen LogP contribution in [0.15, 0.2) is 24.4 Å². The summed E-state index contributed by atoms with van der Waals surface area (Å²) in [6, 6.07) is 2.86. The number of benzene rings is 1. The van der Waals surface area contributed by atoms with Crippen molar-refractivity contribution in [2.45, 2.75) is 25.2 Å². The van der Waals surface area contributed by atoms with Gasteiger partial charge in [-0.2, -0.15) is 26.3 Å². The summed E-state index contributed by atoms with van der Waals surface area (Å²) in [7, 11) is 0. The fourth-order valence-corrected chi connectivity index (χ4v) is 1.80. The molecule has 4 nitrogen and oxygen atoms in total. The average molecular weight is 339 g/mol. The van der Waals surface area contributed by atoms with Crippen molar-refractivity contribution in [3.63, 3.8) is 0 Å². The molecule has 0 radical (unpaired) electrons. The van der Waals surface area contributed by atoms with Crippen LogP contribution in [0.4, 0.5) is 26.3 Å². The van der Waals surface area contributed by atoms with Gasteiger partial charge in [0, 0.05) is 18.2 Å². The molecule has 0 bridgehead atoms. The van der Waals surface area contributed by atoms with E-state index < -0.39 is 24.3 Å². The maximum atomic E-state index is 12.9. The smallest absolute Gasteiger partial charge is 0.416 e. The van der Waals surface area contributed by atoms with Crippen LogP contribution in [0.5, 0.6) is 5.75 Å². The van der Waals surface area contributed by atoms with Crippen LogP contribution >= 0.6 is 0 Å². The summed E-state index contributed by atoms with van der Waals surface area (Å²) in [6.07, 6.45) is -9.07. The zero-order chi connectivity index (χ0) is 17.1. The van der Waals surface area contributed by atoms with E-state index in [4.69, 9.17) is 4.74 Å². The summed E-state index contributed by atoms with van der Waals surface area (Å²) in [4.78, 5) is 0. The third kappa shape index (κ3) is 5.15. The molecule has 1 heterocycles. The van der Waals surface area contributed by atoms with E-state index in [-0.39, 0.29) is 30.0 Å². The number of ether oxygens (including phenoxy) is 1. The summed E-state index contributed by atoms with van der Waals surface area (Å²) >= 11 is 0. The molecule has 2 rings (SSSR count). The minimum atomic E-state index is -4.62. The maximum absolute atomic E-state index is 12.9. The van der Waals surface area contributed by atoms with Gasteiger partial charge in [-0.15, -0.1) is 5.10 Å². The summed E-state index contributed by atoms with van der Waals surface area (Å²) in [5.41, 5.74) is -0.723. The van der Waals surface area contributed by atoms with Crippen molar-refractivity contribution in [1.82, 2.24) is 15.4 Å². The Morgan fingerprint density at radius 2 is 1.78 bits per heavy atom. The van der Waals surface area contributed by atoms with Crippen molar-refractivity contribution in [3.05, 3.63) is 30.0 Å². The van der Waals surface area contributed by atoms with Crippen LogP contribution in [0, 0.1) is 0 Å². The molecule has 0 saturated heterocycles. The number of halogens is 6. The Morgan fingerprint density at radius 3 is 2.35 bits per heavy atom. The van der Waals surface area contributed by atoms with Gasteiger partial charge in [0.25, 0.3) is 0 Å². The van der Waals surface area contributed by atoms with Gasteiger partial charge in [-0.05, 0) is 24.6 Å². The van der Waals surface area contributed by atoms with Crippen LogP contribution in [0.2, 0.25) is 0 Å². The monoisotopic (exact) mass is 339 g/mol. The number of rotatable bonds is 5. The molecule has 126 valence electrons. The number of hydrogen-bond donors (Lipinski definition) is 1. The first-order valence-electron chi connectivity index (χ1n) is 6.44. The highest BCUT2D eigenvalue weighted by atomic mass is 19.4. The molecule has 1 N–H and O–H groups in total. The Morgan fingerprint density at radius 1 is 1.04 bits per heavy atom. The Bertz CT molecular complexity index is 636. The lowest BCUT2D eigenvalue weighted by atomic mass is 10.1. The van der Waals surface area contributed by atoms with E-state index in [0.717, 1.165) is 12.1 Å². The first kappa shape index (κ1) is 17.1. The van der Waals surface area contributed by atoms with E-state index in [1.54, 1.807) is 0 Å². The fraction of sp³-hybridized carbons (Fsp3) is 0.385. The summed E-state index contributed by atoms with van der Waals surface area (Å²) in [5.74, 6) is -0.181. The second-order valence-electron chi connectivity index (χ2n) is 4.67. The summed E-state index contributed by atoms with van der Waals surface area (Å²) < 4.78 is 79.8. The molecule has 0 unspecified atom stereocenters. The lowest BCUT2D eigenvalue weighted by molar-refractivity contribution is -0.137. The van der Waals surface area contributed by atoms with E-state index in [0.29, 0.717) is 0 Å². The van der Waals surface area contributed by atoms with E-state index in [1.807, 2.05) is 0 Å². The van der Waals surface area contributed by atoms with Gasteiger partial charge in [-0.3, -0.25) is 5.10 Å². The SMILES string of the molecule is FC(F)(F)CCCOc1cc(-c2c[nH]nn2)cc(C(F)(F)F)c1. The number of aromatic nitrogens is 3. The third-order valence-corrected chi connectivity index (χ3v) is 2.82. The van der Waals surface area contributed by atoms with Gasteiger partial charge in [0.1, 0.15) is 11.4 Å². The quantitative estimate of drug-likeness (QED) is 0.656. The molecule has 23 heavy (non-hydrogen) atoms. The Labute approximate surface area is 126 Å². The molecular formula is C13H11F6N3O. The normalized spacial score (nSPS) is 12.4. The van der Waals surface area contributed by atoms with Gasteiger partial charge in [0.2, 0.25) is 0 Å². The van der Waals surface area contributed by atoms with E-state index in [2.05, 4.69) is 15.4 Å². The predicted molar refractivity (Wildman–Crippen MR) is 67.6 cm³/mol. The van der Waals surface area contributed by atoms with E-state index >= 15 is 0 Å². The first-order chi connectivity index (χ1) is 10.6. The minimum Gasteiger partial charge on any atom is -0.494 e. The Hall–Kier alpha value is -2.26. The molecule has 1 aromatic carbocycles. The molecule has 0 fully saturated rings. The van der Waals surface area contributed by atoms with Crippen molar-refractivity contribution in [3.8, 4) is 17.0 Å². The van der Waals surface area contributed by atoms with Gasteiger partial charge >= 0.3 is 12.4 Å². The molecule has 1 aromatic heterocycles.